The minimum atomic E-state index is 0.653. The Kier molecular flexibility index (Phi) is 15.6. The van der Waals surface area contributed by atoms with Gasteiger partial charge in [0.2, 0.25) is 0 Å². The zero-order chi connectivity index (χ0) is 38.2. The van der Waals surface area contributed by atoms with Gasteiger partial charge in [0.1, 0.15) is 16.6 Å². The molecule has 0 radical (unpaired) electrons. The van der Waals surface area contributed by atoms with E-state index in [4.69, 9.17) is 13.3 Å². The largest absolute Gasteiger partial charge is 0.465 e. The fourth-order valence-electron chi connectivity index (χ4n) is 8.38. The van der Waals surface area contributed by atoms with E-state index in [0.717, 1.165) is 29.2 Å². The molecule has 7 aromatic rings. The lowest BCUT2D eigenvalue weighted by molar-refractivity contribution is 0.533. The van der Waals surface area contributed by atoms with Crippen LogP contribution in [-0.2, 0) is 12.8 Å². The average molecular weight is 739 g/mol. The summed E-state index contributed by atoms with van der Waals surface area (Å²) >= 11 is 0. The Morgan fingerprint density at radius 1 is 0.400 bits per heavy atom. The van der Waals surface area contributed by atoms with Crippen molar-refractivity contribution in [3.63, 3.8) is 0 Å². The highest BCUT2D eigenvalue weighted by Crippen LogP contribution is 2.37. The quantitative estimate of drug-likeness (QED) is 0.0513. The second kappa shape index (κ2) is 21.2. The van der Waals surface area contributed by atoms with Crippen molar-refractivity contribution >= 4 is 67.4 Å². The predicted molar refractivity (Wildman–Crippen MR) is 239 cm³/mol. The molecular weight excluding hydrogens is 673 g/mol. The lowest BCUT2D eigenvalue weighted by Crippen LogP contribution is -2.13. The van der Waals surface area contributed by atoms with Crippen LogP contribution in [0.25, 0.3) is 67.4 Å². The molecule has 0 aliphatic heterocycles. The fourth-order valence-corrected chi connectivity index (χ4v) is 8.38. The topological polar surface area (TPSA) is 39.4 Å². The third kappa shape index (κ3) is 11.0. The summed E-state index contributed by atoms with van der Waals surface area (Å²) in [7, 11) is 0. The monoisotopic (exact) mass is 739 g/mol. The van der Waals surface area contributed by atoms with Crippen LogP contribution in [0.3, 0.4) is 0 Å². The summed E-state index contributed by atoms with van der Waals surface area (Å²) in [5, 5.41) is 11.1. The van der Waals surface area contributed by atoms with Crippen LogP contribution >= 0.6 is 0 Å². The first-order valence-corrected chi connectivity index (χ1v) is 22.0. The van der Waals surface area contributed by atoms with Crippen LogP contribution in [0.4, 0.5) is 0 Å². The minimum Gasteiger partial charge on any atom is -0.465 e. The summed E-state index contributed by atoms with van der Waals surface area (Å²) in [4.78, 5) is 0. The first-order chi connectivity index (χ1) is 27.1. The van der Waals surface area contributed by atoms with Crippen molar-refractivity contribution < 1.29 is 13.3 Å². The smallest absolute Gasteiger partial charge is 0.134 e. The van der Waals surface area contributed by atoms with Crippen molar-refractivity contribution in [2.75, 3.05) is 0 Å². The van der Waals surface area contributed by atoms with Crippen molar-refractivity contribution in [3.8, 4) is 0 Å². The molecule has 0 unspecified atom stereocenters. The molecule has 0 aliphatic carbocycles. The van der Waals surface area contributed by atoms with Gasteiger partial charge in [0.05, 0.1) is 18.8 Å². The van der Waals surface area contributed by atoms with Crippen LogP contribution in [-0.4, -0.2) is 0 Å². The lowest BCUT2D eigenvalue weighted by atomic mass is 9.94. The average Bonchev–Trinajstić information content (AvgIpc) is 3.91. The highest BCUT2D eigenvalue weighted by Gasteiger charge is 2.13. The van der Waals surface area contributed by atoms with Crippen LogP contribution in [0.5, 0.6) is 0 Å². The highest BCUT2D eigenvalue weighted by molar-refractivity contribution is 6.20. The standard InChI is InChI=1S/C46H60O2.C6H6O/c1-3-5-7-9-11-13-15-17-19-21-23-37-33-47-45-31-41-35(29-43(37)45)25-27-40-39(41)28-26-36-30-44-38(34-48-46(44)32-42(36)40)24-22-20-18-16-14-12-10-8-6-4-2;1-5-3-4-7-6(5)2/h25-34H,3-24H2,1-2H3;3-4H,1-2H2. The summed E-state index contributed by atoms with van der Waals surface area (Å²) in [5.41, 5.74) is 5.39. The van der Waals surface area contributed by atoms with Crippen molar-refractivity contribution in [3.05, 3.63) is 95.1 Å². The third-order valence-electron chi connectivity index (χ3n) is 11.8. The van der Waals surface area contributed by atoms with Gasteiger partial charge < -0.3 is 13.3 Å². The number of fused-ring (bicyclic) bond motifs is 7. The Morgan fingerprint density at radius 2 is 0.800 bits per heavy atom. The van der Waals surface area contributed by atoms with Gasteiger partial charge in [0.25, 0.3) is 0 Å². The van der Waals surface area contributed by atoms with E-state index in [1.807, 2.05) is 12.5 Å². The van der Waals surface area contributed by atoms with E-state index >= 15 is 0 Å². The van der Waals surface area contributed by atoms with Gasteiger partial charge in [-0.25, -0.2) is 0 Å². The van der Waals surface area contributed by atoms with Crippen LogP contribution in [0.15, 0.2) is 86.6 Å². The molecule has 3 heteroatoms. The summed E-state index contributed by atoms with van der Waals surface area (Å²) < 4.78 is 17.1. The summed E-state index contributed by atoms with van der Waals surface area (Å²) in [6.07, 6.45) is 35.2. The molecular formula is C52H66O3. The molecule has 0 saturated carbocycles. The fraction of sp³-hybridized carbons (Fsp3) is 0.462. The Hall–Kier alpha value is -4.24. The van der Waals surface area contributed by atoms with Crippen LogP contribution in [0, 0.1) is 0 Å². The van der Waals surface area contributed by atoms with Gasteiger partial charge in [-0.2, -0.15) is 0 Å². The minimum absolute atomic E-state index is 0.653. The van der Waals surface area contributed by atoms with E-state index in [1.165, 1.54) is 183 Å². The molecule has 3 nitrogen and oxygen atoms in total. The Balaban J connectivity index is 0.000000661. The maximum Gasteiger partial charge on any atom is 0.134 e. The third-order valence-corrected chi connectivity index (χ3v) is 11.8. The molecule has 0 N–H and O–H groups in total. The highest BCUT2D eigenvalue weighted by atomic mass is 16.3. The lowest BCUT2D eigenvalue weighted by Gasteiger charge is -2.09. The number of unbranched alkanes of at least 4 members (excludes halogenated alkanes) is 18. The van der Waals surface area contributed by atoms with E-state index < -0.39 is 0 Å². The predicted octanol–water partition coefficient (Wildman–Crippen LogP) is 15.7. The molecule has 0 fully saturated rings. The Morgan fingerprint density at radius 3 is 1.15 bits per heavy atom. The van der Waals surface area contributed by atoms with E-state index in [0.29, 0.717) is 5.42 Å². The molecule has 4 aromatic carbocycles. The molecule has 7 rings (SSSR count). The van der Waals surface area contributed by atoms with Crippen LogP contribution in [0.2, 0.25) is 0 Å². The van der Waals surface area contributed by atoms with Crippen molar-refractivity contribution in [2.45, 2.75) is 155 Å². The first kappa shape index (κ1) is 40.4. The number of hydrogen-bond donors (Lipinski definition) is 0. The second-order valence-corrected chi connectivity index (χ2v) is 16.1. The molecule has 3 heterocycles. The van der Waals surface area contributed by atoms with E-state index in [9.17, 15) is 0 Å². The van der Waals surface area contributed by atoms with Gasteiger partial charge in [-0.1, -0.05) is 167 Å². The summed E-state index contributed by atoms with van der Waals surface area (Å²) in [6.45, 7) is 11.8. The zero-order valence-corrected chi connectivity index (χ0v) is 34.1. The molecule has 0 spiro atoms. The molecule has 0 atom stereocenters. The maximum atomic E-state index is 6.16. The van der Waals surface area contributed by atoms with Gasteiger partial charge in [0.15, 0.2) is 0 Å². The zero-order valence-electron chi connectivity index (χ0n) is 34.1. The van der Waals surface area contributed by atoms with Crippen molar-refractivity contribution in [2.24, 2.45) is 0 Å². The summed E-state index contributed by atoms with van der Waals surface area (Å²) in [5.74, 6) is 0. The normalized spacial score (nSPS) is 11.7. The Bertz CT molecular complexity index is 2150. The van der Waals surface area contributed by atoms with Crippen LogP contribution < -0.4 is 10.6 Å². The molecule has 3 aromatic heterocycles. The van der Waals surface area contributed by atoms with Crippen molar-refractivity contribution in [1.82, 2.24) is 0 Å². The molecule has 0 saturated heterocycles. The number of benzene rings is 4. The summed E-state index contributed by atoms with van der Waals surface area (Å²) in [6, 6.07) is 20.3. The van der Waals surface area contributed by atoms with Crippen LogP contribution in [0.1, 0.15) is 153 Å². The van der Waals surface area contributed by atoms with E-state index in [2.05, 4.69) is 75.5 Å². The van der Waals surface area contributed by atoms with Gasteiger partial charge in [-0.15, -0.1) is 0 Å². The SMILES string of the molecule is C=c1ccoc1=C.CCCCCCCCCCCCc1coc2cc3c(ccc4c5cc6occ(CCCCCCCCCCCC)c6cc5ccc34)cc12. The number of rotatable bonds is 22. The van der Waals surface area contributed by atoms with Gasteiger partial charge >= 0.3 is 0 Å². The molecule has 292 valence electrons. The number of hydrogen-bond acceptors (Lipinski definition) is 3. The molecule has 0 amide bonds. The van der Waals surface area contributed by atoms with Gasteiger partial charge in [-0.3, -0.25) is 0 Å². The molecule has 0 aliphatic rings. The van der Waals surface area contributed by atoms with Gasteiger partial charge in [0, 0.05) is 16.0 Å². The number of furan rings is 3. The number of aryl methyl sites for hydroxylation is 2. The van der Waals surface area contributed by atoms with Crippen molar-refractivity contribution in [1.29, 1.82) is 0 Å². The molecule has 55 heavy (non-hydrogen) atoms. The molecule has 0 bridgehead atoms. The first-order valence-electron chi connectivity index (χ1n) is 22.0. The van der Waals surface area contributed by atoms with E-state index in [-0.39, 0.29) is 0 Å². The maximum absolute atomic E-state index is 6.16. The van der Waals surface area contributed by atoms with Gasteiger partial charge in [-0.05, 0) is 99.5 Å². The Labute approximate surface area is 329 Å². The second-order valence-electron chi connectivity index (χ2n) is 16.1. The van der Waals surface area contributed by atoms with E-state index in [1.54, 1.807) is 12.3 Å².